The molecule has 2 aliphatic heterocycles. The second kappa shape index (κ2) is 4.60. The van der Waals surface area contributed by atoms with Crippen LogP contribution in [0.4, 0.5) is 0 Å². The van der Waals surface area contributed by atoms with E-state index >= 15 is 0 Å². The largest absolute Gasteiger partial charge is 0.310 e. The highest BCUT2D eigenvalue weighted by atomic mass is 15.3. The zero-order chi connectivity index (χ0) is 9.97. The molecule has 2 aliphatic rings. The Morgan fingerprint density at radius 3 is 2.79 bits per heavy atom. The summed E-state index contributed by atoms with van der Waals surface area (Å²) in [6.07, 6.45) is 1.35. The molecule has 2 saturated heterocycles. The Morgan fingerprint density at radius 2 is 2.07 bits per heavy atom. The molecular formula is C11H23N3. The number of nitrogens with one attached hydrogen (secondary N) is 1. The molecule has 3 atom stereocenters. The van der Waals surface area contributed by atoms with Crippen molar-refractivity contribution in [3.05, 3.63) is 0 Å². The van der Waals surface area contributed by atoms with E-state index in [9.17, 15) is 0 Å². The van der Waals surface area contributed by atoms with Gasteiger partial charge in [-0.2, -0.15) is 0 Å². The van der Waals surface area contributed by atoms with Crippen molar-refractivity contribution < 1.29 is 0 Å². The second-order valence-corrected chi connectivity index (χ2v) is 4.44. The van der Waals surface area contributed by atoms with Crippen LogP contribution in [0.15, 0.2) is 0 Å². The first-order valence-corrected chi connectivity index (χ1v) is 6.05. The Bertz CT molecular complexity index is 179. The quantitative estimate of drug-likeness (QED) is 0.705. The number of rotatable bonds is 3. The van der Waals surface area contributed by atoms with E-state index in [1.807, 2.05) is 0 Å². The fourth-order valence-electron chi connectivity index (χ4n) is 2.95. The van der Waals surface area contributed by atoms with Crippen molar-refractivity contribution >= 4 is 0 Å². The smallest absolute Gasteiger partial charge is 0.0352 e. The van der Waals surface area contributed by atoms with Crippen LogP contribution < -0.4 is 5.32 Å². The third kappa shape index (κ3) is 1.95. The molecule has 2 heterocycles. The highest BCUT2D eigenvalue weighted by Crippen LogP contribution is 2.18. The molecule has 0 amide bonds. The normalized spacial score (nSPS) is 37.5. The van der Waals surface area contributed by atoms with E-state index in [1.165, 1.54) is 45.7 Å². The van der Waals surface area contributed by atoms with Crippen LogP contribution >= 0.6 is 0 Å². The lowest BCUT2D eigenvalue weighted by atomic mass is 9.95. The van der Waals surface area contributed by atoms with Crippen molar-refractivity contribution in [2.75, 3.05) is 39.3 Å². The van der Waals surface area contributed by atoms with Crippen LogP contribution in [0.1, 0.15) is 20.3 Å². The van der Waals surface area contributed by atoms with E-state index in [1.54, 1.807) is 0 Å². The lowest BCUT2D eigenvalue weighted by Gasteiger charge is -2.47. The number of hydrogen-bond acceptors (Lipinski definition) is 3. The molecule has 0 radical (unpaired) electrons. The fourth-order valence-corrected chi connectivity index (χ4v) is 2.95. The van der Waals surface area contributed by atoms with E-state index in [-0.39, 0.29) is 0 Å². The molecule has 0 aromatic carbocycles. The number of hydrogen-bond donors (Lipinski definition) is 1. The predicted molar refractivity (Wildman–Crippen MR) is 59.6 cm³/mol. The number of fused-ring (bicyclic) bond motifs is 2. The Hall–Kier alpha value is -0.120. The standard InChI is InChI=1S/C11H23N3/c1-3-14(4-2)11-5-7-13-8-6-12-10(11)9-13/h10-12H,3-9H2,1-2H3/t10-,11+/m0/s1. The molecule has 0 saturated carbocycles. The molecule has 2 bridgehead atoms. The van der Waals surface area contributed by atoms with Gasteiger partial charge in [0.2, 0.25) is 0 Å². The summed E-state index contributed by atoms with van der Waals surface area (Å²) in [6.45, 7) is 11.9. The minimum atomic E-state index is 0.720. The first-order chi connectivity index (χ1) is 6.85. The second-order valence-electron chi connectivity index (χ2n) is 4.44. The summed E-state index contributed by atoms with van der Waals surface area (Å²) in [5, 5.41) is 3.67. The molecule has 1 N–H and O–H groups in total. The van der Waals surface area contributed by atoms with Crippen LogP contribution in [0.5, 0.6) is 0 Å². The molecular weight excluding hydrogens is 174 g/mol. The van der Waals surface area contributed by atoms with Gasteiger partial charge in [0.05, 0.1) is 0 Å². The maximum Gasteiger partial charge on any atom is 0.0352 e. The Balaban J connectivity index is 1.97. The summed E-state index contributed by atoms with van der Waals surface area (Å²) in [4.78, 5) is 5.21. The van der Waals surface area contributed by atoms with E-state index in [0.29, 0.717) is 0 Å². The number of piperazine rings is 1. The van der Waals surface area contributed by atoms with E-state index < -0.39 is 0 Å². The van der Waals surface area contributed by atoms with Gasteiger partial charge in [0.25, 0.3) is 0 Å². The molecule has 0 aliphatic carbocycles. The van der Waals surface area contributed by atoms with Crippen LogP contribution in [0.2, 0.25) is 0 Å². The summed E-state index contributed by atoms with van der Waals surface area (Å²) in [5.74, 6) is 0. The maximum atomic E-state index is 3.67. The van der Waals surface area contributed by atoms with E-state index in [0.717, 1.165) is 12.1 Å². The van der Waals surface area contributed by atoms with Crippen molar-refractivity contribution in [2.24, 2.45) is 0 Å². The van der Waals surface area contributed by atoms with Gasteiger partial charge in [0.15, 0.2) is 0 Å². The Labute approximate surface area is 87.4 Å². The van der Waals surface area contributed by atoms with Crippen LogP contribution in [-0.2, 0) is 0 Å². The Morgan fingerprint density at radius 1 is 1.29 bits per heavy atom. The molecule has 3 nitrogen and oxygen atoms in total. The monoisotopic (exact) mass is 197 g/mol. The van der Waals surface area contributed by atoms with Gasteiger partial charge in [-0.25, -0.2) is 0 Å². The summed E-state index contributed by atoms with van der Waals surface area (Å²) in [6, 6.07) is 1.50. The van der Waals surface area contributed by atoms with Crippen LogP contribution in [0, 0.1) is 0 Å². The minimum absolute atomic E-state index is 0.720. The minimum Gasteiger partial charge on any atom is -0.310 e. The van der Waals surface area contributed by atoms with Gasteiger partial charge in [-0.3, -0.25) is 4.90 Å². The number of piperidine rings is 1. The molecule has 82 valence electrons. The highest BCUT2D eigenvalue weighted by molar-refractivity contribution is 4.94. The van der Waals surface area contributed by atoms with Gasteiger partial charge >= 0.3 is 0 Å². The molecule has 1 unspecified atom stereocenters. The lowest BCUT2D eigenvalue weighted by molar-refractivity contribution is 0.0582. The van der Waals surface area contributed by atoms with Crippen molar-refractivity contribution in [1.82, 2.24) is 15.1 Å². The number of likely N-dealkylation sites (N-methyl/N-ethyl adjacent to an activating group) is 1. The zero-order valence-corrected chi connectivity index (χ0v) is 9.50. The average Bonchev–Trinajstić information content (AvgIpc) is 2.23. The third-order valence-corrected chi connectivity index (χ3v) is 3.78. The van der Waals surface area contributed by atoms with E-state index in [2.05, 4.69) is 29.0 Å². The van der Waals surface area contributed by atoms with Gasteiger partial charge in [0, 0.05) is 31.7 Å². The molecule has 0 aromatic heterocycles. The van der Waals surface area contributed by atoms with Crippen LogP contribution in [-0.4, -0.2) is 61.2 Å². The molecule has 14 heavy (non-hydrogen) atoms. The predicted octanol–water partition coefficient (Wildman–Crippen LogP) is 0.374. The van der Waals surface area contributed by atoms with Crippen molar-refractivity contribution in [1.29, 1.82) is 0 Å². The average molecular weight is 197 g/mol. The summed E-state index contributed by atoms with van der Waals surface area (Å²) in [5.41, 5.74) is 0. The van der Waals surface area contributed by atoms with Crippen molar-refractivity contribution in [2.45, 2.75) is 32.4 Å². The van der Waals surface area contributed by atoms with Gasteiger partial charge < -0.3 is 10.2 Å². The van der Waals surface area contributed by atoms with E-state index in [4.69, 9.17) is 0 Å². The number of nitrogens with zero attached hydrogens (tertiary/aromatic N) is 2. The Kier molecular flexibility index (Phi) is 3.42. The van der Waals surface area contributed by atoms with Gasteiger partial charge in [-0.15, -0.1) is 0 Å². The topological polar surface area (TPSA) is 18.5 Å². The van der Waals surface area contributed by atoms with Gasteiger partial charge in [0.1, 0.15) is 0 Å². The molecule has 2 rings (SSSR count). The first-order valence-electron chi connectivity index (χ1n) is 6.05. The SMILES string of the molecule is CCN(CC)[C@@H]1CCN2CCN[C@H]1C2. The molecule has 0 spiro atoms. The molecule has 0 aromatic rings. The van der Waals surface area contributed by atoms with Gasteiger partial charge in [-0.05, 0) is 26.1 Å². The third-order valence-electron chi connectivity index (χ3n) is 3.78. The maximum absolute atomic E-state index is 3.67. The first kappa shape index (κ1) is 10.4. The summed E-state index contributed by atoms with van der Waals surface area (Å²) >= 11 is 0. The van der Waals surface area contributed by atoms with Crippen molar-refractivity contribution in [3.8, 4) is 0 Å². The van der Waals surface area contributed by atoms with Crippen LogP contribution in [0.3, 0.4) is 0 Å². The summed E-state index contributed by atoms with van der Waals surface area (Å²) < 4.78 is 0. The molecule has 2 fully saturated rings. The molecule has 3 heteroatoms. The highest BCUT2D eigenvalue weighted by Gasteiger charge is 2.33. The van der Waals surface area contributed by atoms with Crippen molar-refractivity contribution in [3.63, 3.8) is 0 Å². The lowest BCUT2D eigenvalue weighted by Crippen LogP contribution is -2.64. The summed E-state index contributed by atoms with van der Waals surface area (Å²) in [7, 11) is 0. The fraction of sp³-hybridized carbons (Fsp3) is 1.00. The van der Waals surface area contributed by atoms with Gasteiger partial charge in [-0.1, -0.05) is 13.8 Å². The zero-order valence-electron chi connectivity index (χ0n) is 9.50. The van der Waals surface area contributed by atoms with Crippen LogP contribution in [0.25, 0.3) is 0 Å².